The highest BCUT2D eigenvalue weighted by Crippen LogP contribution is 2.18. The standard InChI is InChI=1S/C19H25N5O3S/c1-3-24-10-9-20-18(26)15(24)12-16(25)21-19-23-22-17(28-19)8-11-27-14-6-4-13(2)5-7-14/h4-7,15H,3,8-12H2,1-2H3,(H,20,26)(H,21,23,25)/t15-/m1/s1. The minimum Gasteiger partial charge on any atom is -0.493 e. The van der Waals surface area contributed by atoms with Crippen LogP contribution in [0.25, 0.3) is 0 Å². The van der Waals surface area contributed by atoms with Crippen LogP contribution in [0.5, 0.6) is 5.75 Å². The van der Waals surface area contributed by atoms with Crippen LogP contribution in [0.2, 0.25) is 0 Å². The van der Waals surface area contributed by atoms with E-state index in [1.54, 1.807) is 0 Å². The number of amides is 2. The van der Waals surface area contributed by atoms with Crippen LogP contribution < -0.4 is 15.4 Å². The molecule has 1 aliphatic rings. The fourth-order valence-corrected chi connectivity index (χ4v) is 3.74. The van der Waals surface area contributed by atoms with Gasteiger partial charge in [0.25, 0.3) is 0 Å². The van der Waals surface area contributed by atoms with E-state index in [0.29, 0.717) is 24.7 Å². The topological polar surface area (TPSA) is 96.5 Å². The van der Waals surface area contributed by atoms with E-state index in [4.69, 9.17) is 4.74 Å². The van der Waals surface area contributed by atoms with Gasteiger partial charge in [-0.05, 0) is 25.6 Å². The molecule has 2 N–H and O–H groups in total. The lowest BCUT2D eigenvalue weighted by Gasteiger charge is -2.33. The summed E-state index contributed by atoms with van der Waals surface area (Å²) in [6.45, 7) is 6.61. The van der Waals surface area contributed by atoms with Crippen molar-refractivity contribution in [3.8, 4) is 5.75 Å². The SMILES string of the molecule is CCN1CCNC(=O)[C@H]1CC(=O)Nc1nnc(CCOc2ccc(C)cc2)s1. The van der Waals surface area contributed by atoms with Gasteiger partial charge in [-0.15, -0.1) is 10.2 Å². The van der Waals surface area contributed by atoms with Gasteiger partial charge in [0.2, 0.25) is 16.9 Å². The van der Waals surface area contributed by atoms with Crippen LogP contribution in [0, 0.1) is 6.92 Å². The molecule has 0 aliphatic carbocycles. The third-order valence-corrected chi connectivity index (χ3v) is 5.44. The molecule has 1 aliphatic heterocycles. The van der Waals surface area contributed by atoms with Crippen molar-refractivity contribution in [1.29, 1.82) is 0 Å². The predicted octanol–water partition coefficient (Wildman–Crippen LogP) is 1.62. The number of likely N-dealkylation sites (N-methyl/N-ethyl adjacent to an activating group) is 1. The van der Waals surface area contributed by atoms with E-state index in [2.05, 4.69) is 20.8 Å². The molecule has 1 aromatic heterocycles. The van der Waals surface area contributed by atoms with E-state index in [-0.39, 0.29) is 18.2 Å². The van der Waals surface area contributed by atoms with Gasteiger partial charge in [0.1, 0.15) is 10.8 Å². The zero-order chi connectivity index (χ0) is 19.9. The largest absolute Gasteiger partial charge is 0.493 e. The number of carbonyl (C=O) groups excluding carboxylic acids is 2. The molecule has 0 unspecified atom stereocenters. The van der Waals surface area contributed by atoms with Gasteiger partial charge in [0, 0.05) is 19.5 Å². The van der Waals surface area contributed by atoms with E-state index in [1.807, 2.05) is 43.0 Å². The highest BCUT2D eigenvalue weighted by atomic mass is 32.1. The number of aryl methyl sites for hydroxylation is 1. The molecule has 0 radical (unpaired) electrons. The van der Waals surface area contributed by atoms with Gasteiger partial charge in [-0.3, -0.25) is 14.5 Å². The van der Waals surface area contributed by atoms with Crippen molar-refractivity contribution in [2.45, 2.75) is 32.7 Å². The van der Waals surface area contributed by atoms with Gasteiger partial charge in [-0.25, -0.2) is 0 Å². The molecule has 1 saturated heterocycles. The molecule has 2 heterocycles. The average Bonchev–Trinajstić information content (AvgIpc) is 3.12. The Morgan fingerprint density at radius 2 is 2.14 bits per heavy atom. The number of nitrogens with zero attached hydrogens (tertiary/aromatic N) is 3. The van der Waals surface area contributed by atoms with Gasteiger partial charge >= 0.3 is 0 Å². The normalized spacial score (nSPS) is 17.2. The number of rotatable bonds is 8. The number of ether oxygens (including phenoxy) is 1. The molecular formula is C19H25N5O3S. The quantitative estimate of drug-likeness (QED) is 0.695. The fourth-order valence-electron chi connectivity index (χ4n) is 3.00. The summed E-state index contributed by atoms with van der Waals surface area (Å²) in [5, 5.41) is 14.9. The lowest BCUT2D eigenvalue weighted by Crippen LogP contribution is -2.56. The molecule has 2 aromatic rings. The number of hydrogen-bond acceptors (Lipinski definition) is 7. The molecule has 150 valence electrons. The summed E-state index contributed by atoms with van der Waals surface area (Å²) in [4.78, 5) is 26.4. The van der Waals surface area contributed by atoms with Crippen LogP contribution in [0.1, 0.15) is 23.9 Å². The van der Waals surface area contributed by atoms with Gasteiger partial charge in [0.05, 0.1) is 19.1 Å². The number of hydrogen-bond donors (Lipinski definition) is 2. The first-order valence-corrected chi connectivity index (χ1v) is 10.2. The minimum absolute atomic E-state index is 0.102. The Morgan fingerprint density at radius 3 is 2.89 bits per heavy atom. The van der Waals surface area contributed by atoms with Crippen molar-refractivity contribution in [2.24, 2.45) is 0 Å². The second-order valence-corrected chi connectivity index (χ2v) is 7.66. The zero-order valence-corrected chi connectivity index (χ0v) is 16.9. The number of nitrogens with one attached hydrogen (secondary N) is 2. The first-order valence-electron chi connectivity index (χ1n) is 9.38. The van der Waals surface area contributed by atoms with Crippen LogP contribution in [-0.4, -0.2) is 59.2 Å². The zero-order valence-electron chi connectivity index (χ0n) is 16.1. The average molecular weight is 404 g/mol. The summed E-state index contributed by atoms with van der Waals surface area (Å²) in [5.74, 6) is 0.475. The molecule has 0 bridgehead atoms. The van der Waals surface area contributed by atoms with Crippen LogP contribution in [-0.2, 0) is 16.0 Å². The molecule has 1 aromatic carbocycles. The highest BCUT2D eigenvalue weighted by molar-refractivity contribution is 7.15. The van der Waals surface area contributed by atoms with Crippen molar-refractivity contribution in [3.05, 3.63) is 34.8 Å². The summed E-state index contributed by atoms with van der Waals surface area (Å²) in [5.41, 5.74) is 1.18. The molecule has 9 heteroatoms. The monoisotopic (exact) mass is 403 g/mol. The molecule has 3 rings (SSSR count). The number of benzene rings is 1. The lowest BCUT2D eigenvalue weighted by molar-refractivity contribution is -0.132. The van der Waals surface area contributed by atoms with Gasteiger partial charge in [0.15, 0.2) is 0 Å². The maximum atomic E-state index is 12.3. The molecule has 1 atom stereocenters. The molecule has 2 amide bonds. The molecule has 28 heavy (non-hydrogen) atoms. The van der Waals surface area contributed by atoms with Crippen molar-refractivity contribution in [3.63, 3.8) is 0 Å². The number of aromatic nitrogens is 2. The number of carbonyl (C=O) groups is 2. The third kappa shape index (κ3) is 5.49. The van der Waals surface area contributed by atoms with Crippen LogP contribution in [0.15, 0.2) is 24.3 Å². The van der Waals surface area contributed by atoms with Crippen molar-refractivity contribution < 1.29 is 14.3 Å². The molecule has 0 spiro atoms. The smallest absolute Gasteiger partial charge is 0.237 e. The van der Waals surface area contributed by atoms with Crippen molar-refractivity contribution >= 4 is 28.3 Å². The summed E-state index contributed by atoms with van der Waals surface area (Å²) in [6.07, 6.45) is 0.710. The first kappa shape index (κ1) is 20.2. The Hall–Kier alpha value is -2.52. The first-order chi connectivity index (χ1) is 13.5. The van der Waals surface area contributed by atoms with Crippen LogP contribution >= 0.6 is 11.3 Å². The Balaban J connectivity index is 1.46. The molecule has 8 nitrogen and oxygen atoms in total. The highest BCUT2D eigenvalue weighted by Gasteiger charge is 2.30. The van der Waals surface area contributed by atoms with Gasteiger partial charge in [-0.2, -0.15) is 0 Å². The molecule has 1 fully saturated rings. The van der Waals surface area contributed by atoms with E-state index < -0.39 is 6.04 Å². The summed E-state index contributed by atoms with van der Waals surface area (Å²) < 4.78 is 5.69. The Labute approximate surface area is 168 Å². The summed E-state index contributed by atoms with van der Waals surface area (Å²) in [6, 6.07) is 7.43. The lowest BCUT2D eigenvalue weighted by atomic mass is 10.1. The van der Waals surface area contributed by atoms with E-state index in [1.165, 1.54) is 16.9 Å². The Kier molecular flexibility index (Phi) is 6.94. The summed E-state index contributed by atoms with van der Waals surface area (Å²) >= 11 is 1.32. The van der Waals surface area contributed by atoms with Crippen LogP contribution in [0.3, 0.4) is 0 Å². The molecule has 0 saturated carbocycles. The van der Waals surface area contributed by atoms with Gasteiger partial charge < -0.3 is 15.4 Å². The minimum atomic E-state index is -0.436. The van der Waals surface area contributed by atoms with Gasteiger partial charge in [-0.1, -0.05) is 36.0 Å². The number of piperazine rings is 1. The third-order valence-electron chi connectivity index (χ3n) is 4.55. The number of anilines is 1. The fraction of sp³-hybridized carbons (Fsp3) is 0.474. The Bertz CT molecular complexity index is 808. The Morgan fingerprint density at radius 1 is 1.36 bits per heavy atom. The van der Waals surface area contributed by atoms with Crippen LogP contribution in [0.4, 0.5) is 5.13 Å². The van der Waals surface area contributed by atoms with E-state index in [0.717, 1.165) is 23.8 Å². The summed E-state index contributed by atoms with van der Waals surface area (Å²) in [7, 11) is 0. The van der Waals surface area contributed by atoms with E-state index >= 15 is 0 Å². The van der Waals surface area contributed by atoms with Crippen molar-refractivity contribution in [2.75, 3.05) is 31.6 Å². The predicted molar refractivity (Wildman–Crippen MR) is 108 cm³/mol. The van der Waals surface area contributed by atoms with E-state index in [9.17, 15) is 9.59 Å². The molecular weight excluding hydrogens is 378 g/mol. The maximum Gasteiger partial charge on any atom is 0.237 e. The second kappa shape index (κ2) is 9.61. The maximum absolute atomic E-state index is 12.3. The second-order valence-electron chi connectivity index (χ2n) is 6.60. The van der Waals surface area contributed by atoms with Crippen molar-refractivity contribution in [1.82, 2.24) is 20.4 Å².